The van der Waals surface area contributed by atoms with Crippen LogP contribution in [-0.4, -0.2) is 18.5 Å². The van der Waals surface area contributed by atoms with Gasteiger partial charge < -0.3 is 4.74 Å². The Labute approximate surface area is 104 Å². The molecule has 0 atom stereocenters. The summed E-state index contributed by atoms with van der Waals surface area (Å²) in [5, 5.41) is 0. The quantitative estimate of drug-likeness (QED) is 0.723. The number of rotatable bonds is 7. The van der Waals surface area contributed by atoms with E-state index in [2.05, 4.69) is 12.1 Å². The summed E-state index contributed by atoms with van der Waals surface area (Å²) in [4.78, 5) is 11.7. The molecule has 0 aliphatic heterocycles. The number of ketones is 1. The zero-order valence-electron chi connectivity index (χ0n) is 11.0. The Morgan fingerprint density at radius 1 is 1.24 bits per heavy atom. The zero-order chi connectivity index (χ0) is 12.7. The number of carbonyl (C=O) groups excluding carboxylic acids is 1. The van der Waals surface area contributed by atoms with Gasteiger partial charge >= 0.3 is 0 Å². The molecule has 1 aromatic rings. The van der Waals surface area contributed by atoms with Crippen LogP contribution >= 0.6 is 0 Å². The first-order valence-corrected chi connectivity index (χ1v) is 6.14. The van der Waals surface area contributed by atoms with E-state index in [4.69, 9.17) is 4.74 Å². The van der Waals surface area contributed by atoms with Gasteiger partial charge in [0.2, 0.25) is 0 Å². The van der Waals surface area contributed by atoms with Crippen molar-refractivity contribution in [2.24, 2.45) is 0 Å². The summed E-state index contributed by atoms with van der Waals surface area (Å²) in [6, 6.07) is 10.3. The van der Waals surface area contributed by atoms with E-state index in [1.165, 1.54) is 5.56 Å². The molecule has 0 aromatic heterocycles. The van der Waals surface area contributed by atoms with Gasteiger partial charge in [0.25, 0.3) is 0 Å². The molecule has 0 N–H and O–H groups in total. The van der Waals surface area contributed by atoms with Gasteiger partial charge in [0.1, 0.15) is 5.78 Å². The Bertz CT molecular complexity index is 341. The van der Waals surface area contributed by atoms with Crippen molar-refractivity contribution in [1.82, 2.24) is 0 Å². The van der Waals surface area contributed by atoms with Crippen molar-refractivity contribution in [2.45, 2.75) is 45.1 Å². The predicted octanol–water partition coefficient (Wildman–Crippen LogP) is 3.39. The van der Waals surface area contributed by atoms with Crippen molar-refractivity contribution in [2.75, 3.05) is 7.11 Å². The number of aryl methyl sites for hydroxylation is 1. The summed E-state index contributed by atoms with van der Waals surface area (Å²) in [6.45, 7) is 3.89. The first-order valence-electron chi connectivity index (χ1n) is 6.14. The van der Waals surface area contributed by atoms with Crippen molar-refractivity contribution in [3.63, 3.8) is 0 Å². The summed E-state index contributed by atoms with van der Waals surface area (Å²) in [5.41, 5.74) is 0.968. The van der Waals surface area contributed by atoms with Gasteiger partial charge in [0.05, 0.1) is 5.60 Å². The Hall–Kier alpha value is -1.15. The second-order valence-corrected chi connectivity index (χ2v) is 5.02. The SMILES string of the molecule is COC(C)(C)CC(=O)CCCc1ccccc1. The topological polar surface area (TPSA) is 26.3 Å². The normalized spacial score (nSPS) is 11.5. The van der Waals surface area contributed by atoms with Crippen LogP contribution in [0.15, 0.2) is 30.3 Å². The van der Waals surface area contributed by atoms with Crippen LogP contribution in [0, 0.1) is 0 Å². The predicted molar refractivity (Wildman–Crippen MR) is 70.1 cm³/mol. The largest absolute Gasteiger partial charge is 0.378 e. The molecule has 17 heavy (non-hydrogen) atoms. The lowest BCUT2D eigenvalue weighted by atomic mass is 9.98. The summed E-state index contributed by atoms with van der Waals surface area (Å²) in [5.74, 6) is 0.285. The highest BCUT2D eigenvalue weighted by Crippen LogP contribution is 2.15. The monoisotopic (exact) mass is 234 g/mol. The molecule has 0 fully saturated rings. The zero-order valence-corrected chi connectivity index (χ0v) is 11.0. The molecular weight excluding hydrogens is 212 g/mol. The minimum atomic E-state index is -0.330. The lowest BCUT2D eigenvalue weighted by Gasteiger charge is -2.21. The first-order chi connectivity index (χ1) is 8.03. The van der Waals surface area contributed by atoms with Crippen molar-refractivity contribution in [3.8, 4) is 0 Å². The second kappa shape index (κ2) is 6.55. The Balaban J connectivity index is 2.25. The summed E-state index contributed by atoms with van der Waals surface area (Å²) in [6.07, 6.45) is 3.03. The van der Waals surface area contributed by atoms with E-state index in [9.17, 15) is 4.79 Å². The number of Topliss-reactive ketones (excluding diaryl/α,β-unsaturated/α-hetero) is 1. The van der Waals surface area contributed by atoms with Crippen LogP contribution in [0.1, 0.15) is 38.7 Å². The summed E-state index contributed by atoms with van der Waals surface area (Å²) in [7, 11) is 1.65. The number of ether oxygens (including phenoxy) is 1. The Morgan fingerprint density at radius 2 is 1.88 bits per heavy atom. The maximum absolute atomic E-state index is 11.7. The van der Waals surface area contributed by atoms with Gasteiger partial charge in [-0.15, -0.1) is 0 Å². The number of carbonyl (C=O) groups is 1. The highest BCUT2D eigenvalue weighted by Gasteiger charge is 2.20. The van der Waals surface area contributed by atoms with Crippen molar-refractivity contribution < 1.29 is 9.53 Å². The number of methoxy groups -OCH3 is 1. The van der Waals surface area contributed by atoms with Crippen LogP contribution in [0.2, 0.25) is 0 Å². The molecule has 94 valence electrons. The molecular formula is C15H22O2. The fourth-order valence-electron chi connectivity index (χ4n) is 1.77. The lowest BCUT2D eigenvalue weighted by molar-refractivity contribution is -0.124. The van der Waals surface area contributed by atoms with Gasteiger partial charge in [0, 0.05) is 20.0 Å². The fourth-order valence-corrected chi connectivity index (χ4v) is 1.77. The minimum absolute atomic E-state index is 0.285. The molecule has 1 rings (SSSR count). The molecule has 0 bridgehead atoms. The van der Waals surface area contributed by atoms with E-state index in [1.807, 2.05) is 32.0 Å². The molecule has 0 radical (unpaired) electrons. The average molecular weight is 234 g/mol. The molecule has 0 saturated carbocycles. The molecule has 0 saturated heterocycles. The minimum Gasteiger partial charge on any atom is -0.378 e. The maximum atomic E-state index is 11.7. The van der Waals surface area contributed by atoms with E-state index >= 15 is 0 Å². The number of hydrogen-bond donors (Lipinski definition) is 0. The average Bonchev–Trinajstić information content (AvgIpc) is 2.30. The fraction of sp³-hybridized carbons (Fsp3) is 0.533. The van der Waals surface area contributed by atoms with Crippen molar-refractivity contribution in [3.05, 3.63) is 35.9 Å². The standard InChI is InChI=1S/C15H22O2/c1-15(2,17-3)12-14(16)11-7-10-13-8-5-4-6-9-13/h4-6,8-9H,7,10-12H2,1-3H3. The highest BCUT2D eigenvalue weighted by atomic mass is 16.5. The molecule has 0 aliphatic carbocycles. The third-order valence-corrected chi connectivity index (χ3v) is 2.94. The third-order valence-electron chi connectivity index (χ3n) is 2.94. The van der Waals surface area contributed by atoms with E-state index in [0.29, 0.717) is 12.8 Å². The van der Waals surface area contributed by atoms with E-state index in [1.54, 1.807) is 7.11 Å². The summed E-state index contributed by atoms with van der Waals surface area (Å²) >= 11 is 0. The first kappa shape index (κ1) is 13.9. The van der Waals surface area contributed by atoms with E-state index < -0.39 is 0 Å². The highest BCUT2D eigenvalue weighted by molar-refractivity contribution is 5.79. The van der Waals surface area contributed by atoms with Crippen molar-refractivity contribution >= 4 is 5.78 Å². The van der Waals surface area contributed by atoms with Gasteiger partial charge in [-0.3, -0.25) is 4.79 Å². The van der Waals surface area contributed by atoms with E-state index in [-0.39, 0.29) is 11.4 Å². The van der Waals surface area contributed by atoms with Crippen LogP contribution < -0.4 is 0 Å². The maximum Gasteiger partial charge on any atom is 0.135 e. The third kappa shape index (κ3) is 5.64. The smallest absolute Gasteiger partial charge is 0.135 e. The van der Waals surface area contributed by atoms with Crippen LogP contribution in [0.5, 0.6) is 0 Å². The Morgan fingerprint density at radius 3 is 2.47 bits per heavy atom. The van der Waals surface area contributed by atoms with Gasteiger partial charge in [-0.1, -0.05) is 30.3 Å². The van der Waals surface area contributed by atoms with Gasteiger partial charge in [-0.2, -0.15) is 0 Å². The molecule has 1 aromatic carbocycles. The van der Waals surface area contributed by atoms with E-state index in [0.717, 1.165) is 12.8 Å². The second-order valence-electron chi connectivity index (χ2n) is 5.02. The van der Waals surface area contributed by atoms with Crippen LogP contribution in [-0.2, 0) is 16.0 Å². The van der Waals surface area contributed by atoms with Crippen molar-refractivity contribution in [1.29, 1.82) is 0 Å². The molecule has 0 unspecified atom stereocenters. The molecule has 2 nitrogen and oxygen atoms in total. The van der Waals surface area contributed by atoms with Crippen LogP contribution in [0.3, 0.4) is 0 Å². The number of benzene rings is 1. The molecule has 0 aliphatic rings. The molecule has 0 spiro atoms. The number of hydrogen-bond acceptors (Lipinski definition) is 2. The molecule has 0 heterocycles. The molecule has 2 heteroatoms. The molecule has 0 amide bonds. The Kier molecular flexibility index (Phi) is 5.36. The summed E-state index contributed by atoms with van der Waals surface area (Å²) < 4.78 is 5.25. The lowest BCUT2D eigenvalue weighted by Crippen LogP contribution is -2.26. The van der Waals surface area contributed by atoms with Gasteiger partial charge in [0.15, 0.2) is 0 Å². The van der Waals surface area contributed by atoms with Crippen LogP contribution in [0.25, 0.3) is 0 Å². The van der Waals surface area contributed by atoms with Crippen LogP contribution in [0.4, 0.5) is 0 Å². The van der Waals surface area contributed by atoms with Gasteiger partial charge in [-0.25, -0.2) is 0 Å². The van der Waals surface area contributed by atoms with Gasteiger partial charge in [-0.05, 0) is 32.3 Å².